The van der Waals surface area contributed by atoms with Crippen molar-refractivity contribution in [3.8, 4) is 0 Å². The molecule has 0 radical (unpaired) electrons. The number of carbonyl (C=O) groups excluding carboxylic acids is 6. The molecule has 0 unspecified atom stereocenters. The molecule has 0 aromatic rings. The van der Waals surface area contributed by atoms with Gasteiger partial charge in [0.2, 0.25) is 11.8 Å². The molecule has 0 saturated heterocycles. The molecule has 0 aromatic carbocycles. The number of carbonyl (C=O) groups is 6. The number of nitrogens with one attached hydrogen (secondary N) is 2. The Morgan fingerprint density at radius 2 is 0.892 bits per heavy atom. The van der Waals surface area contributed by atoms with Crippen LogP contribution in [0, 0.1) is 0 Å². The molecule has 2 N–H and O–H groups in total. The SMILES string of the molecule is O=C(CCN1C(=O)C=CC1=O)NCCCOCCOCCOCCCNC(=O)CCN1C(=O)C=CC1=O. The third-order valence-corrected chi connectivity index (χ3v) is 5.25. The van der Waals surface area contributed by atoms with Gasteiger partial charge in [0, 0.05) is 76.5 Å². The second kappa shape index (κ2) is 17.1. The van der Waals surface area contributed by atoms with E-state index in [0.29, 0.717) is 65.6 Å². The zero-order valence-corrected chi connectivity index (χ0v) is 20.8. The molecular weight excluding hydrogens is 488 g/mol. The fourth-order valence-electron chi connectivity index (χ4n) is 3.25. The highest BCUT2D eigenvalue weighted by Gasteiger charge is 2.24. The first-order chi connectivity index (χ1) is 17.9. The van der Waals surface area contributed by atoms with E-state index in [1.807, 2.05) is 0 Å². The van der Waals surface area contributed by atoms with Crippen LogP contribution >= 0.6 is 0 Å². The van der Waals surface area contributed by atoms with E-state index in [1.165, 1.54) is 24.3 Å². The molecule has 2 aliphatic rings. The number of hydrogen-bond donors (Lipinski definition) is 2. The minimum absolute atomic E-state index is 0.0634. The Balaban J connectivity index is 1.28. The Morgan fingerprint density at radius 3 is 1.24 bits per heavy atom. The zero-order chi connectivity index (χ0) is 26.9. The van der Waals surface area contributed by atoms with Gasteiger partial charge in [-0.25, -0.2) is 0 Å². The summed E-state index contributed by atoms with van der Waals surface area (Å²) in [6.45, 7) is 3.57. The quantitative estimate of drug-likeness (QED) is 0.146. The number of amides is 6. The van der Waals surface area contributed by atoms with Crippen LogP contribution in [0.4, 0.5) is 0 Å². The minimum atomic E-state index is -0.398. The van der Waals surface area contributed by atoms with Crippen LogP contribution in [0.1, 0.15) is 25.7 Å². The van der Waals surface area contributed by atoms with Crippen LogP contribution in [0.15, 0.2) is 24.3 Å². The summed E-state index contributed by atoms with van der Waals surface area (Å²) in [5.74, 6) is -2.06. The highest BCUT2D eigenvalue weighted by Crippen LogP contribution is 2.05. The van der Waals surface area contributed by atoms with Crippen LogP contribution in [0.5, 0.6) is 0 Å². The summed E-state index contributed by atoms with van der Waals surface area (Å²) in [5.41, 5.74) is 0. The first kappa shape index (κ1) is 29.8. The molecule has 2 aliphatic heterocycles. The van der Waals surface area contributed by atoms with Crippen molar-refractivity contribution in [2.75, 3.05) is 65.8 Å². The van der Waals surface area contributed by atoms with E-state index >= 15 is 0 Å². The van der Waals surface area contributed by atoms with Crippen molar-refractivity contribution in [2.24, 2.45) is 0 Å². The summed E-state index contributed by atoms with van der Waals surface area (Å²) in [5, 5.41) is 5.43. The fraction of sp³-hybridized carbons (Fsp3) is 0.583. The van der Waals surface area contributed by atoms with Crippen molar-refractivity contribution in [1.82, 2.24) is 20.4 Å². The second-order valence-corrected chi connectivity index (χ2v) is 8.07. The average molecular weight is 523 g/mol. The first-order valence-electron chi connectivity index (χ1n) is 12.2. The van der Waals surface area contributed by atoms with Crippen molar-refractivity contribution < 1.29 is 43.0 Å². The lowest BCUT2D eigenvalue weighted by atomic mass is 10.3. The van der Waals surface area contributed by atoms with Gasteiger partial charge in [-0.05, 0) is 12.8 Å². The molecule has 13 heteroatoms. The third-order valence-electron chi connectivity index (χ3n) is 5.25. The zero-order valence-electron chi connectivity index (χ0n) is 20.8. The van der Waals surface area contributed by atoms with E-state index in [4.69, 9.17) is 14.2 Å². The maximum Gasteiger partial charge on any atom is 0.253 e. The van der Waals surface area contributed by atoms with Crippen LogP contribution in [-0.2, 0) is 43.0 Å². The normalized spacial score (nSPS) is 14.8. The second-order valence-electron chi connectivity index (χ2n) is 8.07. The predicted octanol–water partition coefficient (Wildman–Crippen LogP) is -1.32. The third kappa shape index (κ3) is 11.9. The van der Waals surface area contributed by atoms with E-state index in [2.05, 4.69) is 10.6 Å². The van der Waals surface area contributed by atoms with Gasteiger partial charge in [-0.2, -0.15) is 0 Å². The Morgan fingerprint density at radius 1 is 0.568 bits per heavy atom. The van der Waals surface area contributed by atoms with Gasteiger partial charge in [0.15, 0.2) is 0 Å². The van der Waals surface area contributed by atoms with Gasteiger partial charge in [-0.1, -0.05) is 0 Å². The minimum Gasteiger partial charge on any atom is -0.379 e. The molecule has 2 heterocycles. The molecule has 37 heavy (non-hydrogen) atoms. The standard InChI is InChI=1S/C24H34N4O9/c29-19(7-11-27-21(31)3-4-22(27)32)25-9-1-13-35-15-17-37-18-16-36-14-2-10-26-20(30)8-12-28-23(33)5-6-24(28)34/h3-6H,1-2,7-18H2,(H,25,29)(H,26,30). The maximum atomic E-state index is 11.8. The van der Waals surface area contributed by atoms with E-state index < -0.39 is 23.6 Å². The Hall–Kier alpha value is -3.42. The molecule has 0 saturated carbocycles. The number of ether oxygens (including phenoxy) is 3. The Bertz CT molecular complexity index is 781. The average Bonchev–Trinajstić information content (AvgIpc) is 3.37. The maximum absolute atomic E-state index is 11.8. The monoisotopic (exact) mass is 522 g/mol. The van der Waals surface area contributed by atoms with Crippen LogP contribution < -0.4 is 10.6 Å². The van der Waals surface area contributed by atoms with Crippen LogP contribution in [0.25, 0.3) is 0 Å². The summed E-state index contributed by atoms with van der Waals surface area (Å²) < 4.78 is 16.2. The highest BCUT2D eigenvalue weighted by molar-refractivity contribution is 6.13. The van der Waals surface area contributed by atoms with Gasteiger partial charge in [0.25, 0.3) is 23.6 Å². The summed E-state index contributed by atoms with van der Waals surface area (Å²) >= 11 is 0. The molecule has 0 bridgehead atoms. The van der Waals surface area contributed by atoms with E-state index in [1.54, 1.807) is 0 Å². The summed E-state index contributed by atoms with van der Waals surface area (Å²) in [6, 6.07) is 0. The van der Waals surface area contributed by atoms with Gasteiger partial charge in [-0.15, -0.1) is 0 Å². The van der Waals surface area contributed by atoms with E-state index in [-0.39, 0.29) is 37.7 Å². The van der Waals surface area contributed by atoms with Gasteiger partial charge in [0.1, 0.15) is 0 Å². The largest absolute Gasteiger partial charge is 0.379 e. The smallest absolute Gasteiger partial charge is 0.253 e. The summed E-state index contributed by atoms with van der Waals surface area (Å²) in [7, 11) is 0. The van der Waals surface area contributed by atoms with Crippen molar-refractivity contribution in [3.05, 3.63) is 24.3 Å². The van der Waals surface area contributed by atoms with Gasteiger partial charge in [0.05, 0.1) is 26.4 Å². The molecule has 13 nitrogen and oxygen atoms in total. The molecule has 0 fully saturated rings. The van der Waals surface area contributed by atoms with Crippen LogP contribution in [-0.4, -0.2) is 111 Å². The van der Waals surface area contributed by atoms with Crippen molar-refractivity contribution in [1.29, 1.82) is 0 Å². The van der Waals surface area contributed by atoms with Crippen LogP contribution in [0.3, 0.4) is 0 Å². The predicted molar refractivity (Wildman–Crippen MR) is 129 cm³/mol. The molecule has 6 amide bonds. The molecule has 204 valence electrons. The Labute approximate surface area is 215 Å². The fourth-order valence-corrected chi connectivity index (χ4v) is 3.25. The number of imide groups is 2. The lowest BCUT2D eigenvalue weighted by Gasteiger charge is -2.13. The van der Waals surface area contributed by atoms with Crippen LogP contribution in [0.2, 0.25) is 0 Å². The topological polar surface area (TPSA) is 161 Å². The summed E-state index contributed by atoms with van der Waals surface area (Å²) in [6.07, 6.45) is 6.13. The number of hydrogen-bond acceptors (Lipinski definition) is 9. The lowest BCUT2D eigenvalue weighted by Crippen LogP contribution is -2.35. The van der Waals surface area contributed by atoms with E-state index in [9.17, 15) is 28.8 Å². The van der Waals surface area contributed by atoms with Crippen molar-refractivity contribution in [3.63, 3.8) is 0 Å². The van der Waals surface area contributed by atoms with Crippen molar-refractivity contribution >= 4 is 35.4 Å². The van der Waals surface area contributed by atoms with Gasteiger partial charge in [-0.3, -0.25) is 38.6 Å². The molecule has 0 spiro atoms. The summed E-state index contributed by atoms with van der Waals surface area (Å²) in [4.78, 5) is 71.2. The van der Waals surface area contributed by atoms with Crippen molar-refractivity contribution in [2.45, 2.75) is 25.7 Å². The lowest BCUT2D eigenvalue weighted by molar-refractivity contribution is -0.139. The molecule has 0 aromatic heterocycles. The number of nitrogens with zero attached hydrogens (tertiary/aromatic N) is 2. The first-order valence-corrected chi connectivity index (χ1v) is 12.2. The molecule has 2 rings (SSSR count). The molecule has 0 aliphatic carbocycles. The Kier molecular flexibility index (Phi) is 13.8. The molecule has 0 atom stereocenters. The highest BCUT2D eigenvalue weighted by atomic mass is 16.5. The number of rotatable bonds is 20. The van der Waals surface area contributed by atoms with Gasteiger partial charge < -0.3 is 24.8 Å². The van der Waals surface area contributed by atoms with Gasteiger partial charge >= 0.3 is 0 Å². The van der Waals surface area contributed by atoms with E-state index in [0.717, 1.165) is 9.80 Å². The molecular formula is C24H34N4O9.